The van der Waals surface area contributed by atoms with Gasteiger partial charge < -0.3 is 10.1 Å². The largest absolute Gasteiger partial charge is 0.385 e. The third-order valence-electron chi connectivity index (χ3n) is 3.66. The first kappa shape index (κ1) is 9.22. The number of benzene rings is 1. The van der Waals surface area contributed by atoms with Crippen molar-refractivity contribution in [3.8, 4) is 0 Å². The summed E-state index contributed by atoms with van der Waals surface area (Å²) >= 11 is 0. The van der Waals surface area contributed by atoms with Crippen molar-refractivity contribution >= 4 is 5.69 Å². The van der Waals surface area contributed by atoms with Crippen LogP contribution in [0.2, 0.25) is 0 Å². The predicted molar refractivity (Wildman–Crippen MR) is 61.2 cm³/mol. The summed E-state index contributed by atoms with van der Waals surface area (Å²) in [5.41, 5.74) is 2.83. The van der Waals surface area contributed by atoms with E-state index in [0.717, 1.165) is 25.7 Å². The Hall–Kier alpha value is -1.02. The van der Waals surface area contributed by atoms with Crippen LogP contribution in [0.25, 0.3) is 0 Å². The van der Waals surface area contributed by atoms with Crippen LogP contribution in [0.5, 0.6) is 0 Å². The zero-order valence-electron chi connectivity index (χ0n) is 8.91. The van der Waals surface area contributed by atoms with E-state index in [2.05, 4.69) is 29.6 Å². The number of rotatable bonds is 1. The van der Waals surface area contributed by atoms with Gasteiger partial charge in [0, 0.05) is 18.8 Å². The molecule has 0 unspecified atom stereocenters. The summed E-state index contributed by atoms with van der Waals surface area (Å²) in [6, 6.07) is 8.72. The van der Waals surface area contributed by atoms with E-state index in [1.165, 1.54) is 24.1 Å². The van der Waals surface area contributed by atoms with Gasteiger partial charge in [0.15, 0.2) is 0 Å². The fraction of sp³-hybridized carbons (Fsp3) is 0.538. The SMILES string of the molecule is c1ccc2c(c1)NCC[C@@H]2[C@H]1CCOC1. The van der Waals surface area contributed by atoms with Crippen molar-refractivity contribution in [1.82, 2.24) is 0 Å². The minimum atomic E-state index is 0.713. The zero-order chi connectivity index (χ0) is 10.1. The van der Waals surface area contributed by atoms with Gasteiger partial charge in [-0.05, 0) is 36.3 Å². The third-order valence-corrected chi connectivity index (χ3v) is 3.66. The lowest BCUT2D eigenvalue weighted by Crippen LogP contribution is -2.22. The van der Waals surface area contributed by atoms with E-state index in [-0.39, 0.29) is 0 Å². The standard InChI is InChI=1S/C13H17NO/c1-2-4-13-12(3-1)11(5-7-14-13)10-6-8-15-9-10/h1-4,10-11,14H,5-9H2/t10-,11+/m0/s1. The van der Waals surface area contributed by atoms with Gasteiger partial charge in [-0.25, -0.2) is 0 Å². The second-order valence-corrected chi connectivity index (χ2v) is 4.53. The summed E-state index contributed by atoms with van der Waals surface area (Å²) in [4.78, 5) is 0. The molecule has 1 aromatic rings. The van der Waals surface area contributed by atoms with Crippen molar-refractivity contribution in [1.29, 1.82) is 0 Å². The van der Waals surface area contributed by atoms with Crippen LogP contribution >= 0.6 is 0 Å². The van der Waals surface area contributed by atoms with E-state index < -0.39 is 0 Å². The van der Waals surface area contributed by atoms with Gasteiger partial charge in [-0.1, -0.05) is 18.2 Å². The summed E-state index contributed by atoms with van der Waals surface area (Å²) in [5, 5.41) is 3.48. The summed E-state index contributed by atoms with van der Waals surface area (Å²) in [5.74, 6) is 1.46. The Morgan fingerprint density at radius 1 is 1.20 bits per heavy atom. The molecule has 2 heterocycles. The molecule has 0 radical (unpaired) electrons. The molecule has 0 spiro atoms. The Morgan fingerprint density at radius 3 is 3.00 bits per heavy atom. The van der Waals surface area contributed by atoms with Crippen LogP contribution < -0.4 is 5.32 Å². The van der Waals surface area contributed by atoms with Gasteiger partial charge in [-0.2, -0.15) is 0 Å². The number of hydrogen-bond acceptors (Lipinski definition) is 2. The second kappa shape index (κ2) is 3.86. The van der Waals surface area contributed by atoms with Crippen LogP contribution in [-0.2, 0) is 4.74 Å². The Kier molecular flexibility index (Phi) is 2.37. The van der Waals surface area contributed by atoms with Gasteiger partial charge in [0.05, 0.1) is 6.61 Å². The molecule has 2 aliphatic rings. The van der Waals surface area contributed by atoms with Crippen molar-refractivity contribution in [2.45, 2.75) is 18.8 Å². The van der Waals surface area contributed by atoms with Crippen molar-refractivity contribution in [2.75, 3.05) is 25.1 Å². The Morgan fingerprint density at radius 2 is 2.13 bits per heavy atom. The van der Waals surface area contributed by atoms with E-state index in [1.54, 1.807) is 0 Å². The first-order valence-corrected chi connectivity index (χ1v) is 5.86. The summed E-state index contributed by atoms with van der Waals surface area (Å²) in [7, 11) is 0. The van der Waals surface area contributed by atoms with Crippen LogP contribution in [0, 0.1) is 5.92 Å². The van der Waals surface area contributed by atoms with Crippen molar-refractivity contribution in [3.63, 3.8) is 0 Å². The van der Waals surface area contributed by atoms with Gasteiger partial charge in [0.25, 0.3) is 0 Å². The molecule has 0 saturated carbocycles. The van der Waals surface area contributed by atoms with E-state index in [4.69, 9.17) is 4.74 Å². The molecule has 1 fully saturated rings. The smallest absolute Gasteiger partial charge is 0.0500 e. The van der Waals surface area contributed by atoms with E-state index in [1.807, 2.05) is 0 Å². The molecule has 2 aliphatic heterocycles. The molecule has 2 atom stereocenters. The molecule has 2 nitrogen and oxygen atoms in total. The Balaban J connectivity index is 1.91. The highest BCUT2D eigenvalue weighted by molar-refractivity contribution is 5.54. The fourth-order valence-corrected chi connectivity index (χ4v) is 2.86. The molecular formula is C13H17NO. The van der Waals surface area contributed by atoms with Gasteiger partial charge in [0.1, 0.15) is 0 Å². The number of nitrogens with one attached hydrogen (secondary N) is 1. The summed E-state index contributed by atoms with van der Waals surface area (Å²) < 4.78 is 5.50. The highest BCUT2D eigenvalue weighted by Gasteiger charge is 2.30. The lowest BCUT2D eigenvalue weighted by molar-refractivity contribution is 0.179. The number of ether oxygens (including phenoxy) is 1. The maximum atomic E-state index is 5.50. The van der Waals surface area contributed by atoms with Crippen molar-refractivity contribution in [2.24, 2.45) is 5.92 Å². The van der Waals surface area contributed by atoms with E-state index >= 15 is 0 Å². The Bertz CT molecular complexity index is 344. The molecule has 1 N–H and O–H groups in total. The minimum Gasteiger partial charge on any atom is -0.385 e. The second-order valence-electron chi connectivity index (χ2n) is 4.53. The topological polar surface area (TPSA) is 21.3 Å². The number of anilines is 1. The fourth-order valence-electron chi connectivity index (χ4n) is 2.86. The van der Waals surface area contributed by atoms with Crippen LogP contribution in [0.3, 0.4) is 0 Å². The van der Waals surface area contributed by atoms with Crippen LogP contribution in [0.1, 0.15) is 24.3 Å². The molecule has 0 amide bonds. The molecule has 0 aliphatic carbocycles. The van der Waals surface area contributed by atoms with Crippen LogP contribution in [0.4, 0.5) is 5.69 Å². The number of fused-ring (bicyclic) bond motifs is 1. The van der Waals surface area contributed by atoms with Crippen molar-refractivity contribution < 1.29 is 4.74 Å². The first-order valence-electron chi connectivity index (χ1n) is 5.86. The van der Waals surface area contributed by atoms with Gasteiger partial charge in [-0.15, -0.1) is 0 Å². The molecule has 15 heavy (non-hydrogen) atoms. The maximum absolute atomic E-state index is 5.50. The lowest BCUT2D eigenvalue weighted by Gasteiger charge is -2.30. The first-order chi connectivity index (χ1) is 7.45. The average molecular weight is 203 g/mol. The Labute approximate surface area is 90.6 Å². The summed E-state index contributed by atoms with van der Waals surface area (Å²) in [6.45, 7) is 3.02. The van der Waals surface area contributed by atoms with Crippen molar-refractivity contribution in [3.05, 3.63) is 29.8 Å². The molecule has 80 valence electrons. The summed E-state index contributed by atoms with van der Waals surface area (Å²) in [6.07, 6.45) is 2.49. The van der Waals surface area contributed by atoms with Gasteiger partial charge in [-0.3, -0.25) is 0 Å². The molecule has 0 aromatic heterocycles. The van der Waals surface area contributed by atoms with Gasteiger partial charge >= 0.3 is 0 Å². The molecule has 1 aromatic carbocycles. The van der Waals surface area contributed by atoms with E-state index in [9.17, 15) is 0 Å². The third kappa shape index (κ3) is 1.63. The molecule has 3 rings (SSSR count). The van der Waals surface area contributed by atoms with Crippen LogP contribution in [0.15, 0.2) is 24.3 Å². The molecule has 0 bridgehead atoms. The molecule has 2 heteroatoms. The van der Waals surface area contributed by atoms with E-state index in [0.29, 0.717) is 5.92 Å². The minimum absolute atomic E-state index is 0.713. The quantitative estimate of drug-likeness (QED) is 0.757. The highest BCUT2D eigenvalue weighted by Crippen LogP contribution is 2.39. The molecule has 1 saturated heterocycles. The average Bonchev–Trinajstić information content (AvgIpc) is 2.82. The number of para-hydroxylation sites is 1. The molecular weight excluding hydrogens is 186 g/mol. The monoisotopic (exact) mass is 203 g/mol. The highest BCUT2D eigenvalue weighted by atomic mass is 16.5. The number of hydrogen-bond donors (Lipinski definition) is 1. The maximum Gasteiger partial charge on any atom is 0.0500 e. The van der Waals surface area contributed by atoms with Gasteiger partial charge in [0.2, 0.25) is 0 Å². The zero-order valence-corrected chi connectivity index (χ0v) is 8.91. The normalized spacial score (nSPS) is 29.6. The van der Waals surface area contributed by atoms with Crippen LogP contribution in [-0.4, -0.2) is 19.8 Å². The lowest BCUT2D eigenvalue weighted by atomic mass is 9.80. The predicted octanol–water partition coefficient (Wildman–Crippen LogP) is 2.62.